The minimum Gasteiger partial charge on any atom is -0.364 e. The van der Waals surface area contributed by atoms with Gasteiger partial charge in [-0.3, -0.25) is 15.6 Å². The Morgan fingerprint density at radius 1 is 1.41 bits per heavy atom. The fraction of sp³-hybridized carbons (Fsp3) is 0.273. The summed E-state index contributed by atoms with van der Waals surface area (Å²) in [5, 5.41) is 3.09. The van der Waals surface area contributed by atoms with Crippen molar-refractivity contribution in [2.45, 2.75) is 12.8 Å². The second-order valence-corrected chi connectivity index (χ2v) is 4.71. The highest BCUT2D eigenvalue weighted by atomic mass is 79.9. The molecule has 0 radical (unpaired) electrons. The van der Waals surface area contributed by atoms with Crippen LogP contribution in [0.3, 0.4) is 0 Å². The third-order valence-electron chi connectivity index (χ3n) is 2.07. The van der Waals surface area contributed by atoms with Gasteiger partial charge in [0.1, 0.15) is 0 Å². The molecule has 6 heteroatoms. The van der Waals surface area contributed by atoms with Crippen molar-refractivity contribution in [1.29, 1.82) is 0 Å². The second-order valence-electron chi connectivity index (χ2n) is 3.38. The van der Waals surface area contributed by atoms with Crippen molar-refractivity contribution >= 4 is 39.2 Å². The Morgan fingerprint density at radius 2 is 2.18 bits per heavy atom. The van der Waals surface area contributed by atoms with E-state index in [1.165, 1.54) is 0 Å². The van der Waals surface area contributed by atoms with Crippen molar-refractivity contribution in [3.63, 3.8) is 0 Å². The summed E-state index contributed by atoms with van der Waals surface area (Å²) < 4.78 is 1.02. The molecular formula is C11H14BrN3OS. The van der Waals surface area contributed by atoms with Gasteiger partial charge in [-0.25, -0.2) is 0 Å². The lowest BCUT2D eigenvalue weighted by molar-refractivity contribution is -0.121. The highest BCUT2D eigenvalue weighted by Crippen LogP contribution is 2.12. The zero-order valence-electron chi connectivity index (χ0n) is 9.42. The van der Waals surface area contributed by atoms with E-state index in [-0.39, 0.29) is 5.91 Å². The molecule has 0 fully saturated rings. The van der Waals surface area contributed by atoms with Crippen molar-refractivity contribution < 1.29 is 4.79 Å². The molecule has 0 aliphatic rings. The number of hydrogen-bond acceptors (Lipinski definition) is 2. The van der Waals surface area contributed by atoms with E-state index in [0.717, 1.165) is 10.0 Å². The number of carbonyl (C=O) groups excluding carboxylic acids is 1. The summed E-state index contributed by atoms with van der Waals surface area (Å²) in [6, 6.07) is 7.89. The number of carbonyl (C=O) groups is 1. The number of aryl methyl sites for hydroxylation is 1. The number of halogens is 1. The predicted molar refractivity (Wildman–Crippen MR) is 75.4 cm³/mol. The maximum Gasteiger partial charge on any atom is 0.238 e. The minimum absolute atomic E-state index is 0.0948. The van der Waals surface area contributed by atoms with Crippen LogP contribution in [-0.4, -0.2) is 18.1 Å². The number of rotatable bonds is 3. The zero-order valence-corrected chi connectivity index (χ0v) is 11.8. The number of benzene rings is 1. The molecule has 4 nitrogen and oxygen atoms in total. The van der Waals surface area contributed by atoms with E-state index in [2.05, 4.69) is 32.1 Å². The van der Waals surface area contributed by atoms with Gasteiger partial charge in [-0.2, -0.15) is 0 Å². The molecule has 1 aromatic carbocycles. The van der Waals surface area contributed by atoms with Crippen LogP contribution in [0, 0.1) is 0 Å². The van der Waals surface area contributed by atoms with E-state index >= 15 is 0 Å². The molecule has 0 aliphatic heterocycles. The van der Waals surface area contributed by atoms with Crippen LogP contribution in [0.5, 0.6) is 0 Å². The van der Waals surface area contributed by atoms with Crippen molar-refractivity contribution in [2.75, 3.05) is 7.05 Å². The predicted octanol–water partition coefficient (Wildman–Crippen LogP) is 1.51. The first-order chi connectivity index (χ1) is 8.11. The van der Waals surface area contributed by atoms with Crippen molar-refractivity contribution in [1.82, 2.24) is 16.2 Å². The number of hydrogen-bond donors (Lipinski definition) is 3. The van der Waals surface area contributed by atoms with Crippen LogP contribution < -0.4 is 16.2 Å². The summed E-state index contributed by atoms with van der Waals surface area (Å²) in [7, 11) is 1.68. The van der Waals surface area contributed by atoms with E-state index < -0.39 is 0 Å². The molecule has 1 amide bonds. The third-order valence-corrected chi connectivity index (χ3v) is 2.87. The summed E-state index contributed by atoms with van der Waals surface area (Å²) in [4.78, 5) is 11.4. The Balaban J connectivity index is 2.31. The van der Waals surface area contributed by atoms with Crippen LogP contribution in [-0.2, 0) is 11.2 Å². The Bertz CT molecular complexity index is 411. The molecule has 0 saturated heterocycles. The molecule has 1 rings (SSSR count). The van der Waals surface area contributed by atoms with Gasteiger partial charge >= 0.3 is 0 Å². The largest absolute Gasteiger partial charge is 0.364 e. The maximum atomic E-state index is 11.4. The monoisotopic (exact) mass is 315 g/mol. The Labute approximate surface area is 114 Å². The van der Waals surface area contributed by atoms with Gasteiger partial charge in [0, 0.05) is 17.9 Å². The van der Waals surface area contributed by atoms with Crippen LogP contribution in [0.4, 0.5) is 0 Å². The molecule has 0 aromatic heterocycles. The number of nitrogens with one attached hydrogen (secondary N) is 3. The first kappa shape index (κ1) is 13.9. The quantitative estimate of drug-likeness (QED) is 0.584. The van der Waals surface area contributed by atoms with Gasteiger partial charge in [0.2, 0.25) is 5.91 Å². The van der Waals surface area contributed by atoms with Crippen LogP contribution >= 0.6 is 28.1 Å². The molecule has 92 valence electrons. The van der Waals surface area contributed by atoms with Gasteiger partial charge < -0.3 is 5.32 Å². The molecule has 0 saturated carbocycles. The van der Waals surface area contributed by atoms with Crippen LogP contribution in [0.2, 0.25) is 0 Å². The molecule has 1 aromatic rings. The standard InChI is InChI=1S/C11H14BrN3OS/c1-13-11(17)15-14-10(16)6-5-8-3-2-4-9(12)7-8/h2-4,7H,5-6H2,1H3,(H,14,16)(H2,13,15,17). The van der Waals surface area contributed by atoms with E-state index in [1.807, 2.05) is 24.3 Å². The van der Waals surface area contributed by atoms with Gasteiger partial charge in [0.05, 0.1) is 0 Å². The average molecular weight is 316 g/mol. The normalized spacial score (nSPS) is 9.53. The second kappa shape index (κ2) is 7.24. The lowest BCUT2D eigenvalue weighted by Gasteiger charge is -2.08. The summed E-state index contributed by atoms with van der Waals surface area (Å²) >= 11 is 8.22. The lowest BCUT2D eigenvalue weighted by Crippen LogP contribution is -2.45. The Morgan fingerprint density at radius 3 is 2.82 bits per heavy atom. The van der Waals surface area contributed by atoms with Gasteiger partial charge in [0.25, 0.3) is 0 Å². The molecule has 0 atom stereocenters. The van der Waals surface area contributed by atoms with Crippen molar-refractivity contribution in [2.24, 2.45) is 0 Å². The molecule has 0 bridgehead atoms. The van der Waals surface area contributed by atoms with Crippen molar-refractivity contribution in [3.8, 4) is 0 Å². The molecular weight excluding hydrogens is 302 g/mol. The third kappa shape index (κ3) is 5.65. The molecule has 0 unspecified atom stereocenters. The molecule has 0 heterocycles. The molecule has 3 N–H and O–H groups in total. The van der Waals surface area contributed by atoms with Gasteiger partial charge in [-0.15, -0.1) is 0 Å². The fourth-order valence-corrected chi connectivity index (χ4v) is 1.70. The smallest absolute Gasteiger partial charge is 0.238 e. The maximum absolute atomic E-state index is 11.4. The van der Waals surface area contributed by atoms with Gasteiger partial charge in [-0.1, -0.05) is 28.1 Å². The summed E-state index contributed by atoms with van der Waals surface area (Å²) in [5.74, 6) is -0.0948. The van der Waals surface area contributed by atoms with Gasteiger partial charge in [-0.05, 0) is 36.3 Å². The summed E-state index contributed by atoms with van der Waals surface area (Å²) in [6.07, 6.45) is 1.11. The lowest BCUT2D eigenvalue weighted by atomic mass is 10.1. The molecule has 0 spiro atoms. The molecule has 17 heavy (non-hydrogen) atoms. The highest BCUT2D eigenvalue weighted by Gasteiger charge is 2.02. The zero-order chi connectivity index (χ0) is 12.7. The summed E-state index contributed by atoms with van der Waals surface area (Å²) in [6.45, 7) is 0. The number of hydrazine groups is 1. The topological polar surface area (TPSA) is 53.2 Å². The Kier molecular flexibility index (Phi) is 5.93. The number of amides is 1. The summed E-state index contributed by atoms with van der Waals surface area (Å²) in [5.41, 5.74) is 6.22. The van der Waals surface area contributed by atoms with Crippen LogP contribution in [0.25, 0.3) is 0 Å². The average Bonchev–Trinajstić information content (AvgIpc) is 2.33. The van der Waals surface area contributed by atoms with E-state index in [1.54, 1.807) is 7.05 Å². The minimum atomic E-state index is -0.0948. The fourth-order valence-electron chi connectivity index (χ4n) is 1.20. The van der Waals surface area contributed by atoms with Crippen molar-refractivity contribution in [3.05, 3.63) is 34.3 Å². The first-order valence-electron chi connectivity index (χ1n) is 5.13. The van der Waals surface area contributed by atoms with Gasteiger partial charge in [0.15, 0.2) is 5.11 Å². The number of thiocarbonyl (C=S) groups is 1. The highest BCUT2D eigenvalue weighted by molar-refractivity contribution is 9.10. The van der Waals surface area contributed by atoms with Crippen LogP contribution in [0.1, 0.15) is 12.0 Å². The van der Waals surface area contributed by atoms with E-state index in [4.69, 9.17) is 12.2 Å². The van der Waals surface area contributed by atoms with Crippen LogP contribution in [0.15, 0.2) is 28.7 Å². The SMILES string of the molecule is CNC(=S)NNC(=O)CCc1cccc(Br)c1. The van der Waals surface area contributed by atoms with E-state index in [9.17, 15) is 4.79 Å². The Hall–Kier alpha value is -1.14. The first-order valence-corrected chi connectivity index (χ1v) is 6.33. The van der Waals surface area contributed by atoms with E-state index in [0.29, 0.717) is 18.0 Å². The molecule has 0 aliphatic carbocycles.